The molecular formula is C17H22F3N3O. The highest BCUT2D eigenvalue weighted by atomic mass is 19.4. The van der Waals surface area contributed by atoms with E-state index in [-0.39, 0.29) is 12.8 Å². The Morgan fingerprint density at radius 3 is 2.46 bits per heavy atom. The van der Waals surface area contributed by atoms with Crippen molar-refractivity contribution in [2.75, 3.05) is 23.3 Å². The Morgan fingerprint density at radius 1 is 1.12 bits per heavy atom. The molecule has 1 aliphatic carbocycles. The molecule has 0 radical (unpaired) electrons. The molecule has 0 aromatic carbocycles. The largest absolute Gasteiger partial charge is 0.392 e. The van der Waals surface area contributed by atoms with Crippen LogP contribution in [0.5, 0.6) is 0 Å². The predicted octanol–water partition coefficient (Wildman–Crippen LogP) is 3.99. The molecule has 1 saturated carbocycles. The van der Waals surface area contributed by atoms with E-state index in [9.17, 15) is 18.0 Å². The molecule has 4 nitrogen and oxygen atoms in total. The van der Waals surface area contributed by atoms with Crippen molar-refractivity contribution < 1.29 is 18.0 Å². The molecule has 1 aliphatic heterocycles. The predicted molar refractivity (Wildman–Crippen MR) is 85.8 cm³/mol. The Bertz CT molecular complexity index is 567. The summed E-state index contributed by atoms with van der Waals surface area (Å²) in [6.07, 6.45) is 1.14. The minimum Gasteiger partial charge on any atom is -0.370 e. The second-order valence-corrected chi connectivity index (χ2v) is 6.62. The molecule has 1 aromatic heterocycles. The Hall–Kier alpha value is -1.79. The second-order valence-electron chi connectivity index (χ2n) is 6.62. The highest BCUT2D eigenvalue weighted by molar-refractivity contribution is 5.92. The molecule has 1 saturated heterocycles. The summed E-state index contributed by atoms with van der Waals surface area (Å²) in [5.41, 5.74) is 0.983. The van der Waals surface area contributed by atoms with Gasteiger partial charge in [0.2, 0.25) is 5.91 Å². The summed E-state index contributed by atoms with van der Waals surface area (Å²) in [6, 6.07) is 3.52. The highest BCUT2D eigenvalue weighted by Crippen LogP contribution is 2.41. The number of rotatable bonds is 3. The van der Waals surface area contributed by atoms with Crippen molar-refractivity contribution in [1.29, 1.82) is 0 Å². The molecule has 1 amide bonds. The molecule has 1 N–H and O–H groups in total. The van der Waals surface area contributed by atoms with Crippen molar-refractivity contribution in [1.82, 2.24) is 4.98 Å². The lowest BCUT2D eigenvalue weighted by Crippen LogP contribution is -2.39. The molecule has 0 bridgehead atoms. The van der Waals surface area contributed by atoms with Crippen LogP contribution < -0.4 is 10.2 Å². The monoisotopic (exact) mass is 341 g/mol. The summed E-state index contributed by atoms with van der Waals surface area (Å²) in [4.78, 5) is 18.7. The number of hydrogen-bond acceptors (Lipinski definition) is 3. The van der Waals surface area contributed by atoms with Gasteiger partial charge in [-0.1, -0.05) is 12.8 Å². The van der Waals surface area contributed by atoms with E-state index >= 15 is 0 Å². The van der Waals surface area contributed by atoms with Crippen molar-refractivity contribution in [2.45, 2.75) is 44.7 Å². The lowest BCUT2D eigenvalue weighted by atomic mass is 9.78. The number of alkyl halides is 3. The maximum atomic E-state index is 13.1. The zero-order chi connectivity index (χ0) is 17.2. The average molecular weight is 341 g/mol. The summed E-state index contributed by atoms with van der Waals surface area (Å²) in [6.45, 7) is 1.98. The molecule has 2 fully saturated rings. The van der Waals surface area contributed by atoms with Gasteiger partial charge in [-0.05, 0) is 37.8 Å². The van der Waals surface area contributed by atoms with Crippen LogP contribution in [0.3, 0.4) is 0 Å². The highest BCUT2D eigenvalue weighted by Gasteiger charge is 2.48. The number of carbonyl (C=O) groups is 1. The standard InChI is InChI=1S/C17H22F3N3O/c18-17(19,20)14-6-2-1-5-13(14)16(24)22-15-8-7-12(11-21-15)23-9-3-4-10-23/h7-8,11,13-14H,1-6,9-10H2,(H,21,22,24)/t13-,14-/m0/s1. The Kier molecular flexibility index (Phi) is 4.96. The molecule has 2 aliphatic rings. The molecular weight excluding hydrogens is 319 g/mol. The zero-order valence-electron chi connectivity index (χ0n) is 13.5. The first kappa shape index (κ1) is 17.0. The van der Waals surface area contributed by atoms with Gasteiger partial charge in [0.1, 0.15) is 5.82 Å². The third-order valence-electron chi connectivity index (χ3n) is 4.99. The maximum absolute atomic E-state index is 13.1. The second kappa shape index (κ2) is 6.99. The topological polar surface area (TPSA) is 45.2 Å². The van der Waals surface area contributed by atoms with Crippen LogP contribution in [0.4, 0.5) is 24.7 Å². The van der Waals surface area contributed by atoms with Gasteiger partial charge in [0.15, 0.2) is 0 Å². The number of hydrogen-bond donors (Lipinski definition) is 1. The number of anilines is 2. The summed E-state index contributed by atoms with van der Waals surface area (Å²) >= 11 is 0. The van der Waals surface area contributed by atoms with E-state index in [1.165, 1.54) is 0 Å². The van der Waals surface area contributed by atoms with Crippen molar-refractivity contribution in [3.8, 4) is 0 Å². The summed E-state index contributed by atoms with van der Waals surface area (Å²) in [5, 5.41) is 2.56. The van der Waals surface area contributed by atoms with Crippen LogP contribution in [0.1, 0.15) is 38.5 Å². The van der Waals surface area contributed by atoms with E-state index in [0.717, 1.165) is 31.6 Å². The molecule has 24 heavy (non-hydrogen) atoms. The minimum atomic E-state index is -4.32. The smallest absolute Gasteiger partial charge is 0.370 e. The lowest BCUT2D eigenvalue weighted by molar-refractivity contribution is -0.197. The van der Waals surface area contributed by atoms with Gasteiger partial charge < -0.3 is 10.2 Å². The summed E-state index contributed by atoms with van der Waals surface area (Å²) < 4.78 is 39.3. The van der Waals surface area contributed by atoms with Gasteiger partial charge in [0.25, 0.3) is 0 Å². The molecule has 0 spiro atoms. The third kappa shape index (κ3) is 3.82. The Balaban J connectivity index is 1.65. The third-order valence-corrected chi connectivity index (χ3v) is 4.99. The van der Waals surface area contributed by atoms with Gasteiger partial charge in [0, 0.05) is 19.0 Å². The van der Waals surface area contributed by atoms with E-state index in [4.69, 9.17) is 0 Å². The fourth-order valence-electron chi connectivity index (χ4n) is 3.68. The molecule has 2 heterocycles. The normalized spacial score (nSPS) is 24.9. The SMILES string of the molecule is O=C(Nc1ccc(N2CCCC2)cn1)[C@H]1CCCC[C@@H]1C(F)(F)F. The number of nitrogens with one attached hydrogen (secondary N) is 1. The van der Waals surface area contributed by atoms with Crippen LogP contribution in [-0.2, 0) is 4.79 Å². The summed E-state index contributed by atoms with van der Waals surface area (Å²) in [5.74, 6) is -2.82. The molecule has 1 aromatic rings. The van der Waals surface area contributed by atoms with Gasteiger partial charge in [-0.2, -0.15) is 13.2 Å². The molecule has 2 atom stereocenters. The average Bonchev–Trinajstić information content (AvgIpc) is 3.09. The van der Waals surface area contributed by atoms with E-state index in [2.05, 4.69) is 15.2 Å². The zero-order valence-corrected chi connectivity index (χ0v) is 13.5. The number of halogens is 3. The van der Waals surface area contributed by atoms with Gasteiger partial charge in [-0.3, -0.25) is 4.79 Å². The molecule has 132 valence electrons. The van der Waals surface area contributed by atoms with Crippen molar-refractivity contribution in [2.24, 2.45) is 11.8 Å². The van der Waals surface area contributed by atoms with E-state index in [0.29, 0.717) is 18.7 Å². The first-order chi connectivity index (χ1) is 11.4. The Morgan fingerprint density at radius 2 is 1.83 bits per heavy atom. The maximum Gasteiger partial charge on any atom is 0.392 e. The number of amides is 1. The van der Waals surface area contributed by atoms with Crippen molar-refractivity contribution in [3.05, 3.63) is 18.3 Å². The molecule has 0 unspecified atom stereocenters. The van der Waals surface area contributed by atoms with Crippen LogP contribution in [0.25, 0.3) is 0 Å². The number of nitrogens with zero attached hydrogens (tertiary/aromatic N) is 2. The lowest BCUT2D eigenvalue weighted by Gasteiger charge is -2.31. The minimum absolute atomic E-state index is 0.0307. The van der Waals surface area contributed by atoms with Crippen LogP contribution in [0.2, 0.25) is 0 Å². The molecule has 7 heteroatoms. The van der Waals surface area contributed by atoms with Crippen LogP contribution in [0.15, 0.2) is 18.3 Å². The van der Waals surface area contributed by atoms with Crippen LogP contribution in [0, 0.1) is 11.8 Å². The number of aromatic nitrogens is 1. The van der Waals surface area contributed by atoms with Gasteiger partial charge >= 0.3 is 6.18 Å². The van der Waals surface area contributed by atoms with Crippen molar-refractivity contribution >= 4 is 17.4 Å². The van der Waals surface area contributed by atoms with E-state index in [1.54, 1.807) is 12.3 Å². The fraction of sp³-hybridized carbons (Fsp3) is 0.647. The fourth-order valence-corrected chi connectivity index (χ4v) is 3.68. The van der Waals surface area contributed by atoms with Gasteiger partial charge in [0.05, 0.1) is 17.8 Å². The summed E-state index contributed by atoms with van der Waals surface area (Å²) in [7, 11) is 0. The van der Waals surface area contributed by atoms with Crippen molar-refractivity contribution in [3.63, 3.8) is 0 Å². The van der Waals surface area contributed by atoms with Crippen LogP contribution >= 0.6 is 0 Å². The van der Waals surface area contributed by atoms with Gasteiger partial charge in [-0.25, -0.2) is 4.98 Å². The number of pyridine rings is 1. The van der Waals surface area contributed by atoms with E-state index < -0.39 is 23.9 Å². The quantitative estimate of drug-likeness (QED) is 0.904. The molecule has 3 rings (SSSR count). The van der Waals surface area contributed by atoms with Gasteiger partial charge in [-0.15, -0.1) is 0 Å². The van der Waals surface area contributed by atoms with E-state index in [1.807, 2.05) is 6.07 Å². The Labute approximate surface area is 139 Å². The first-order valence-electron chi connectivity index (χ1n) is 8.54. The number of carbonyl (C=O) groups excluding carboxylic acids is 1. The van der Waals surface area contributed by atoms with Crippen LogP contribution in [-0.4, -0.2) is 30.2 Å². The first-order valence-corrected chi connectivity index (χ1v) is 8.54.